The molecule has 0 bridgehead atoms. The van der Waals surface area contributed by atoms with Crippen molar-refractivity contribution in [1.29, 1.82) is 0 Å². The number of hydrogen-bond acceptors (Lipinski definition) is 4. The molecule has 0 aliphatic heterocycles. The van der Waals surface area contributed by atoms with E-state index in [4.69, 9.17) is 0 Å². The van der Waals surface area contributed by atoms with Crippen LogP contribution < -0.4 is 4.72 Å². The van der Waals surface area contributed by atoms with Crippen LogP contribution in [0.5, 0.6) is 5.75 Å². The third-order valence-electron chi connectivity index (χ3n) is 2.91. The highest BCUT2D eigenvalue weighted by Gasteiger charge is 2.13. The molecule has 0 fully saturated rings. The minimum atomic E-state index is -3.50. The lowest BCUT2D eigenvalue weighted by Gasteiger charge is -2.10. The van der Waals surface area contributed by atoms with Crippen LogP contribution in [0.3, 0.4) is 0 Å². The highest BCUT2D eigenvalue weighted by molar-refractivity contribution is 7.92. The first-order chi connectivity index (χ1) is 9.48. The van der Waals surface area contributed by atoms with Crippen LogP contribution in [0.15, 0.2) is 42.7 Å². The maximum absolute atomic E-state index is 12.0. The predicted molar refractivity (Wildman–Crippen MR) is 78.2 cm³/mol. The van der Waals surface area contributed by atoms with Gasteiger partial charge in [-0.25, -0.2) is 8.42 Å². The van der Waals surface area contributed by atoms with Crippen LogP contribution in [0.25, 0.3) is 0 Å². The van der Waals surface area contributed by atoms with Gasteiger partial charge in [-0.05, 0) is 42.7 Å². The zero-order valence-corrected chi connectivity index (χ0v) is 11.9. The summed E-state index contributed by atoms with van der Waals surface area (Å²) in [4.78, 5) is 3.88. The number of aromatic nitrogens is 1. The van der Waals surface area contributed by atoms with Gasteiger partial charge in [0.15, 0.2) is 0 Å². The highest BCUT2D eigenvalue weighted by Crippen LogP contribution is 2.27. The van der Waals surface area contributed by atoms with Crippen molar-refractivity contribution >= 4 is 15.7 Å². The summed E-state index contributed by atoms with van der Waals surface area (Å²) < 4.78 is 26.4. The van der Waals surface area contributed by atoms with Gasteiger partial charge in [-0.15, -0.1) is 0 Å². The van der Waals surface area contributed by atoms with Gasteiger partial charge in [-0.3, -0.25) is 9.71 Å². The third-order valence-corrected chi connectivity index (χ3v) is 4.18. The van der Waals surface area contributed by atoms with Crippen molar-refractivity contribution in [1.82, 2.24) is 4.98 Å². The fraction of sp³-hybridized carbons (Fsp3) is 0.214. The Hall–Kier alpha value is -2.08. The minimum absolute atomic E-state index is 0.0417. The quantitative estimate of drug-likeness (QED) is 0.827. The number of anilines is 1. The summed E-state index contributed by atoms with van der Waals surface area (Å²) in [5, 5.41) is 9.81. The van der Waals surface area contributed by atoms with E-state index in [9.17, 15) is 13.5 Å². The molecule has 2 rings (SSSR count). The van der Waals surface area contributed by atoms with E-state index in [0.717, 1.165) is 5.56 Å². The standard InChI is InChI=1S/C14H16N2O3S/c1-11-3-2-4-13(14(11)17)16-20(18,19)10-7-12-5-8-15-9-6-12/h2-6,8-9,16-17H,7,10H2,1H3. The average molecular weight is 292 g/mol. The number of sulfonamides is 1. The van der Waals surface area contributed by atoms with Crippen molar-refractivity contribution in [3.8, 4) is 5.75 Å². The summed E-state index contributed by atoms with van der Waals surface area (Å²) in [6.45, 7) is 1.71. The Kier molecular flexibility index (Phi) is 4.24. The number of benzene rings is 1. The van der Waals surface area contributed by atoms with E-state index in [0.29, 0.717) is 12.0 Å². The molecule has 1 aromatic carbocycles. The van der Waals surface area contributed by atoms with E-state index in [1.54, 1.807) is 43.6 Å². The summed E-state index contributed by atoms with van der Waals surface area (Å²) >= 11 is 0. The SMILES string of the molecule is Cc1cccc(NS(=O)(=O)CCc2ccncc2)c1O. The van der Waals surface area contributed by atoms with E-state index in [1.165, 1.54) is 6.07 Å². The molecular formula is C14H16N2O3S. The fourth-order valence-corrected chi connectivity index (χ4v) is 2.87. The molecule has 6 heteroatoms. The Bertz CT molecular complexity index is 685. The van der Waals surface area contributed by atoms with Crippen LogP contribution in [0.4, 0.5) is 5.69 Å². The lowest BCUT2D eigenvalue weighted by molar-refractivity contribution is 0.473. The highest BCUT2D eigenvalue weighted by atomic mass is 32.2. The Morgan fingerprint density at radius 2 is 1.90 bits per heavy atom. The van der Waals surface area contributed by atoms with Crippen LogP contribution in [0.2, 0.25) is 0 Å². The van der Waals surface area contributed by atoms with Gasteiger partial charge in [-0.2, -0.15) is 0 Å². The molecule has 2 N–H and O–H groups in total. The zero-order valence-electron chi connectivity index (χ0n) is 11.1. The van der Waals surface area contributed by atoms with Gasteiger partial charge in [0.2, 0.25) is 10.0 Å². The molecule has 2 aromatic rings. The normalized spacial score (nSPS) is 11.2. The largest absolute Gasteiger partial charge is 0.505 e. The molecule has 0 saturated carbocycles. The summed E-state index contributed by atoms with van der Waals surface area (Å²) in [5.74, 6) is -0.0929. The summed E-state index contributed by atoms with van der Waals surface area (Å²) in [7, 11) is -3.50. The molecule has 0 saturated heterocycles. The number of rotatable bonds is 5. The maximum atomic E-state index is 12.0. The Balaban J connectivity index is 2.06. The second-order valence-corrected chi connectivity index (χ2v) is 6.34. The number of phenolic OH excluding ortho intramolecular Hbond substituents is 1. The minimum Gasteiger partial charge on any atom is -0.505 e. The van der Waals surface area contributed by atoms with E-state index in [1.807, 2.05) is 0 Å². The second-order valence-electron chi connectivity index (χ2n) is 4.50. The van der Waals surface area contributed by atoms with E-state index < -0.39 is 10.0 Å². The van der Waals surface area contributed by atoms with Gasteiger partial charge < -0.3 is 5.11 Å². The van der Waals surface area contributed by atoms with Gasteiger partial charge in [-0.1, -0.05) is 12.1 Å². The molecule has 0 atom stereocenters. The van der Waals surface area contributed by atoms with Crippen LogP contribution in [-0.2, 0) is 16.4 Å². The number of nitrogens with one attached hydrogen (secondary N) is 1. The van der Waals surface area contributed by atoms with Crippen molar-refractivity contribution < 1.29 is 13.5 Å². The third kappa shape index (κ3) is 3.71. The average Bonchev–Trinajstić information content (AvgIpc) is 2.43. The van der Waals surface area contributed by atoms with Gasteiger partial charge in [0.25, 0.3) is 0 Å². The van der Waals surface area contributed by atoms with E-state index in [2.05, 4.69) is 9.71 Å². The molecule has 0 amide bonds. The molecule has 5 nitrogen and oxygen atoms in total. The van der Waals surface area contributed by atoms with Crippen molar-refractivity contribution in [3.05, 3.63) is 53.9 Å². The number of pyridine rings is 1. The van der Waals surface area contributed by atoms with Crippen LogP contribution in [0.1, 0.15) is 11.1 Å². The molecule has 106 valence electrons. The van der Waals surface area contributed by atoms with Crippen molar-refractivity contribution in [2.24, 2.45) is 0 Å². The topological polar surface area (TPSA) is 79.3 Å². The van der Waals surface area contributed by atoms with Crippen LogP contribution in [0, 0.1) is 6.92 Å². The molecule has 20 heavy (non-hydrogen) atoms. The molecule has 0 unspecified atom stereocenters. The Labute approximate surface area is 118 Å². The first kappa shape index (κ1) is 14.3. The summed E-state index contributed by atoms with van der Waals surface area (Å²) in [6.07, 6.45) is 3.65. The Morgan fingerprint density at radius 1 is 1.20 bits per heavy atom. The number of nitrogens with zero attached hydrogens (tertiary/aromatic N) is 1. The zero-order chi connectivity index (χ0) is 14.6. The van der Waals surface area contributed by atoms with Gasteiger partial charge >= 0.3 is 0 Å². The summed E-state index contributed by atoms with van der Waals surface area (Å²) in [6, 6.07) is 8.49. The number of hydrogen-bond donors (Lipinski definition) is 2. The molecule has 0 aliphatic rings. The Morgan fingerprint density at radius 3 is 2.60 bits per heavy atom. The lowest BCUT2D eigenvalue weighted by atomic mass is 10.2. The predicted octanol–water partition coefficient (Wildman–Crippen LogP) is 2.08. The van der Waals surface area contributed by atoms with Crippen molar-refractivity contribution in [2.75, 3.05) is 10.5 Å². The summed E-state index contributed by atoms with van der Waals surface area (Å²) in [5.41, 5.74) is 1.73. The fourth-order valence-electron chi connectivity index (χ4n) is 1.76. The monoisotopic (exact) mass is 292 g/mol. The smallest absolute Gasteiger partial charge is 0.233 e. The van der Waals surface area contributed by atoms with Crippen LogP contribution >= 0.6 is 0 Å². The number of phenols is 1. The molecule has 0 radical (unpaired) electrons. The molecule has 0 aliphatic carbocycles. The molecule has 1 aromatic heterocycles. The van der Waals surface area contributed by atoms with E-state index in [-0.39, 0.29) is 17.2 Å². The van der Waals surface area contributed by atoms with Gasteiger partial charge in [0.1, 0.15) is 5.75 Å². The first-order valence-corrected chi connectivity index (χ1v) is 7.81. The second kappa shape index (κ2) is 5.92. The van der Waals surface area contributed by atoms with Crippen LogP contribution in [-0.4, -0.2) is 24.3 Å². The van der Waals surface area contributed by atoms with E-state index >= 15 is 0 Å². The first-order valence-electron chi connectivity index (χ1n) is 6.16. The number of aryl methyl sites for hydroxylation is 2. The number of aromatic hydroxyl groups is 1. The molecule has 1 heterocycles. The van der Waals surface area contributed by atoms with Crippen molar-refractivity contribution in [3.63, 3.8) is 0 Å². The van der Waals surface area contributed by atoms with Gasteiger partial charge in [0, 0.05) is 12.4 Å². The molecular weight excluding hydrogens is 276 g/mol. The number of para-hydroxylation sites is 1. The lowest BCUT2D eigenvalue weighted by Crippen LogP contribution is -2.18. The van der Waals surface area contributed by atoms with Gasteiger partial charge in [0.05, 0.1) is 11.4 Å². The maximum Gasteiger partial charge on any atom is 0.233 e. The van der Waals surface area contributed by atoms with Crippen molar-refractivity contribution in [2.45, 2.75) is 13.3 Å². The molecule has 0 spiro atoms.